The number of piperidine rings is 1. The number of nitrogens with zero attached hydrogens (tertiary/aromatic N) is 2. The Kier molecular flexibility index (Phi) is 3.61. The highest BCUT2D eigenvalue weighted by atomic mass is 16.2. The first kappa shape index (κ1) is 15.0. The Labute approximate surface area is 142 Å². The second-order valence-corrected chi connectivity index (χ2v) is 6.96. The van der Waals surface area contributed by atoms with Crippen molar-refractivity contribution in [3.63, 3.8) is 0 Å². The van der Waals surface area contributed by atoms with Crippen LogP contribution in [0.4, 0.5) is 0 Å². The molecule has 0 aromatic heterocycles. The van der Waals surface area contributed by atoms with Gasteiger partial charge in [-0.2, -0.15) is 5.26 Å². The Hall–Kier alpha value is -2.60. The molecule has 0 bridgehead atoms. The smallest absolute Gasteiger partial charge is 0.253 e. The van der Waals surface area contributed by atoms with Crippen LogP contribution in [0.5, 0.6) is 0 Å². The van der Waals surface area contributed by atoms with Crippen LogP contribution in [-0.2, 0) is 11.8 Å². The minimum Gasteiger partial charge on any atom is -0.338 e. The van der Waals surface area contributed by atoms with Crippen LogP contribution in [0.1, 0.15) is 46.3 Å². The number of carbonyl (C=O) groups excluding carboxylic acids is 1. The second-order valence-electron chi connectivity index (χ2n) is 6.96. The number of fused-ring (bicyclic) bond motifs is 2. The van der Waals surface area contributed by atoms with Gasteiger partial charge in [0.15, 0.2) is 0 Å². The maximum atomic E-state index is 12.9. The summed E-state index contributed by atoms with van der Waals surface area (Å²) in [6, 6.07) is 17.8. The third-order valence-corrected chi connectivity index (χ3v) is 5.59. The summed E-state index contributed by atoms with van der Waals surface area (Å²) in [5.41, 5.74) is 4.30. The molecule has 3 heteroatoms. The van der Waals surface area contributed by atoms with Gasteiger partial charge >= 0.3 is 0 Å². The summed E-state index contributed by atoms with van der Waals surface area (Å²) in [6.07, 6.45) is 4.48. The van der Waals surface area contributed by atoms with Crippen molar-refractivity contribution in [2.24, 2.45) is 0 Å². The van der Waals surface area contributed by atoms with Gasteiger partial charge in [0.1, 0.15) is 0 Å². The predicted molar refractivity (Wildman–Crippen MR) is 92.7 cm³/mol. The number of hydrogen-bond acceptors (Lipinski definition) is 2. The molecule has 1 unspecified atom stereocenters. The average molecular weight is 316 g/mol. The van der Waals surface area contributed by atoms with Crippen molar-refractivity contribution in [1.82, 2.24) is 4.90 Å². The molecule has 0 N–H and O–H groups in total. The molecule has 1 saturated heterocycles. The molecule has 2 aromatic rings. The molecule has 2 aromatic carbocycles. The molecular formula is C21H20N2O. The number of amides is 1. The van der Waals surface area contributed by atoms with Crippen LogP contribution in [-0.4, -0.2) is 23.9 Å². The van der Waals surface area contributed by atoms with Crippen molar-refractivity contribution in [2.45, 2.75) is 31.1 Å². The van der Waals surface area contributed by atoms with Gasteiger partial charge in [0.25, 0.3) is 5.91 Å². The topological polar surface area (TPSA) is 44.1 Å². The molecule has 1 atom stereocenters. The summed E-state index contributed by atoms with van der Waals surface area (Å²) in [4.78, 5) is 14.9. The van der Waals surface area contributed by atoms with Crippen LogP contribution in [0.25, 0.3) is 0 Å². The van der Waals surface area contributed by atoms with Crippen LogP contribution in [0.2, 0.25) is 0 Å². The second kappa shape index (κ2) is 5.79. The minimum absolute atomic E-state index is 0.0861. The normalized spacial score (nSPS) is 22.2. The first-order valence-corrected chi connectivity index (χ1v) is 8.60. The average Bonchev–Trinajstić information content (AvgIpc) is 2.99. The summed E-state index contributed by atoms with van der Waals surface area (Å²) in [7, 11) is 0. The van der Waals surface area contributed by atoms with Crippen molar-refractivity contribution < 1.29 is 4.79 Å². The van der Waals surface area contributed by atoms with Crippen LogP contribution in [0.15, 0.2) is 48.5 Å². The molecule has 0 radical (unpaired) electrons. The van der Waals surface area contributed by atoms with Crippen molar-refractivity contribution in [1.29, 1.82) is 5.26 Å². The number of hydrogen-bond donors (Lipinski definition) is 0. The molecule has 3 nitrogen and oxygen atoms in total. The van der Waals surface area contributed by atoms with Gasteiger partial charge in [0, 0.05) is 24.1 Å². The lowest BCUT2D eigenvalue weighted by Crippen LogP contribution is -2.47. The summed E-state index contributed by atoms with van der Waals surface area (Å²) in [5, 5.41) is 8.90. The fraction of sp³-hybridized carbons (Fsp3) is 0.333. The first-order chi connectivity index (χ1) is 11.7. The van der Waals surface area contributed by atoms with E-state index in [0.717, 1.165) is 32.4 Å². The van der Waals surface area contributed by atoms with Gasteiger partial charge in [-0.1, -0.05) is 24.3 Å². The van der Waals surface area contributed by atoms with Gasteiger partial charge < -0.3 is 4.90 Å². The van der Waals surface area contributed by atoms with Crippen LogP contribution in [0, 0.1) is 11.3 Å². The molecule has 2 aliphatic rings. The standard InChI is InChI=1S/C21H20N2O/c22-14-16-6-8-18(9-7-16)20(24)23-13-3-11-21(15-23)12-10-17-4-1-2-5-19(17)21/h1-2,4-9H,3,10-13,15H2. The number of benzene rings is 2. The minimum atomic E-state index is 0.0861. The zero-order valence-corrected chi connectivity index (χ0v) is 13.7. The van der Waals surface area contributed by atoms with E-state index >= 15 is 0 Å². The predicted octanol–water partition coefficient (Wildman–Crippen LogP) is 3.68. The van der Waals surface area contributed by atoms with Crippen molar-refractivity contribution in [3.05, 3.63) is 70.8 Å². The van der Waals surface area contributed by atoms with Crippen molar-refractivity contribution >= 4 is 5.91 Å². The zero-order valence-electron chi connectivity index (χ0n) is 13.7. The molecule has 1 aliphatic carbocycles. The Morgan fingerprint density at radius 2 is 1.88 bits per heavy atom. The molecule has 24 heavy (non-hydrogen) atoms. The number of nitriles is 1. The third-order valence-electron chi connectivity index (χ3n) is 5.59. The van der Waals surface area contributed by atoms with E-state index < -0.39 is 0 Å². The molecule has 0 saturated carbocycles. The van der Waals surface area contributed by atoms with E-state index in [0.29, 0.717) is 11.1 Å². The van der Waals surface area contributed by atoms with Gasteiger partial charge in [0.2, 0.25) is 0 Å². The van der Waals surface area contributed by atoms with Gasteiger partial charge in [-0.3, -0.25) is 4.79 Å². The quantitative estimate of drug-likeness (QED) is 0.805. The Balaban J connectivity index is 1.59. The van der Waals surface area contributed by atoms with E-state index in [1.165, 1.54) is 17.5 Å². The molecule has 1 fully saturated rings. The first-order valence-electron chi connectivity index (χ1n) is 8.60. The number of likely N-dealkylation sites (tertiary alicyclic amines) is 1. The Morgan fingerprint density at radius 3 is 2.67 bits per heavy atom. The fourth-order valence-electron chi connectivity index (χ4n) is 4.36. The molecule has 1 amide bonds. The van der Waals surface area contributed by atoms with Gasteiger partial charge in [0.05, 0.1) is 11.6 Å². The fourth-order valence-corrected chi connectivity index (χ4v) is 4.36. The van der Waals surface area contributed by atoms with Crippen molar-refractivity contribution in [3.8, 4) is 6.07 Å². The van der Waals surface area contributed by atoms with Crippen LogP contribution >= 0.6 is 0 Å². The molecule has 1 spiro atoms. The monoisotopic (exact) mass is 316 g/mol. The highest BCUT2D eigenvalue weighted by Gasteiger charge is 2.42. The molecule has 1 aliphatic heterocycles. The van der Waals surface area contributed by atoms with E-state index in [1.54, 1.807) is 24.3 Å². The summed E-state index contributed by atoms with van der Waals surface area (Å²) < 4.78 is 0. The Bertz CT molecular complexity index is 814. The SMILES string of the molecule is N#Cc1ccc(C(=O)N2CCCC3(CCc4ccccc43)C2)cc1. The maximum Gasteiger partial charge on any atom is 0.253 e. The van der Waals surface area contributed by atoms with Crippen LogP contribution < -0.4 is 0 Å². The molecular weight excluding hydrogens is 296 g/mol. The largest absolute Gasteiger partial charge is 0.338 e. The molecule has 4 rings (SSSR count). The van der Waals surface area contributed by atoms with Gasteiger partial charge in [-0.15, -0.1) is 0 Å². The Morgan fingerprint density at radius 1 is 1.08 bits per heavy atom. The zero-order chi connectivity index (χ0) is 16.6. The van der Waals surface area contributed by atoms with Gasteiger partial charge in [-0.25, -0.2) is 0 Å². The molecule has 120 valence electrons. The lowest BCUT2D eigenvalue weighted by molar-refractivity contribution is 0.0637. The number of carbonyl (C=O) groups is 1. The number of aryl methyl sites for hydroxylation is 1. The van der Waals surface area contributed by atoms with Crippen molar-refractivity contribution in [2.75, 3.05) is 13.1 Å². The lowest BCUT2D eigenvalue weighted by atomic mass is 9.75. The summed E-state index contributed by atoms with van der Waals surface area (Å²) in [6.45, 7) is 1.63. The van der Waals surface area contributed by atoms with E-state index in [1.807, 2.05) is 4.90 Å². The molecule has 1 heterocycles. The number of rotatable bonds is 1. The van der Waals surface area contributed by atoms with Gasteiger partial charge in [-0.05, 0) is 61.1 Å². The highest BCUT2D eigenvalue weighted by molar-refractivity contribution is 5.94. The highest BCUT2D eigenvalue weighted by Crippen LogP contribution is 2.45. The van der Waals surface area contributed by atoms with Crippen LogP contribution in [0.3, 0.4) is 0 Å². The van der Waals surface area contributed by atoms with E-state index in [2.05, 4.69) is 30.3 Å². The summed E-state index contributed by atoms with van der Waals surface area (Å²) >= 11 is 0. The van der Waals surface area contributed by atoms with E-state index in [-0.39, 0.29) is 11.3 Å². The third kappa shape index (κ3) is 2.39. The summed E-state index contributed by atoms with van der Waals surface area (Å²) in [5.74, 6) is 0.0861. The lowest BCUT2D eigenvalue weighted by Gasteiger charge is -2.41. The maximum absolute atomic E-state index is 12.9. The van der Waals surface area contributed by atoms with E-state index in [9.17, 15) is 4.79 Å². The van der Waals surface area contributed by atoms with E-state index in [4.69, 9.17) is 5.26 Å².